The van der Waals surface area contributed by atoms with Gasteiger partial charge < -0.3 is 10.2 Å². The molecule has 0 spiro atoms. The molecule has 0 saturated carbocycles. The van der Waals surface area contributed by atoms with E-state index in [2.05, 4.69) is 0 Å². The Labute approximate surface area is 87.5 Å². The van der Waals surface area contributed by atoms with Crippen molar-refractivity contribution in [3.05, 3.63) is 59.2 Å². The van der Waals surface area contributed by atoms with Crippen molar-refractivity contribution in [2.75, 3.05) is 0 Å². The fourth-order valence-electron chi connectivity index (χ4n) is 2.10. The molecule has 0 aromatic heterocycles. The van der Waals surface area contributed by atoms with E-state index in [1.165, 1.54) is 6.08 Å². The standard InChI is InChI=1S/C13H10O2/c14-13(15)7-3-6-11-10-5-2-1-4-9(10)8-12(11)13/h1-8,14-15H. The molecule has 2 aliphatic carbocycles. The van der Waals surface area contributed by atoms with Crippen molar-refractivity contribution < 1.29 is 10.2 Å². The van der Waals surface area contributed by atoms with Gasteiger partial charge in [-0.05, 0) is 28.9 Å². The van der Waals surface area contributed by atoms with Crippen molar-refractivity contribution >= 4 is 11.6 Å². The summed E-state index contributed by atoms with van der Waals surface area (Å²) in [6.07, 6.45) is 6.79. The largest absolute Gasteiger partial charge is 0.359 e. The molecule has 3 rings (SSSR count). The van der Waals surface area contributed by atoms with Crippen LogP contribution in [0, 0.1) is 0 Å². The van der Waals surface area contributed by atoms with E-state index < -0.39 is 5.79 Å². The van der Waals surface area contributed by atoms with Gasteiger partial charge in [0.05, 0.1) is 0 Å². The highest BCUT2D eigenvalue weighted by atomic mass is 16.5. The zero-order chi connectivity index (χ0) is 10.5. The highest BCUT2D eigenvalue weighted by Gasteiger charge is 2.34. The first kappa shape index (κ1) is 8.65. The van der Waals surface area contributed by atoms with Crippen molar-refractivity contribution in [1.82, 2.24) is 0 Å². The van der Waals surface area contributed by atoms with Gasteiger partial charge in [-0.3, -0.25) is 0 Å². The first-order chi connectivity index (χ1) is 7.18. The van der Waals surface area contributed by atoms with E-state index in [0.717, 1.165) is 16.7 Å². The van der Waals surface area contributed by atoms with Crippen molar-refractivity contribution in [3.8, 4) is 0 Å². The van der Waals surface area contributed by atoms with E-state index in [0.29, 0.717) is 5.57 Å². The van der Waals surface area contributed by atoms with E-state index in [-0.39, 0.29) is 0 Å². The Balaban J connectivity index is 2.25. The van der Waals surface area contributed by atoms with Crippen LogP contribution in [-0.4, -0.2) is 16.0 Å². The van der Waals surface area contributed by atoms with Crippen LogP contribution in [0.4, 0.5) is 0 Å². The Morgan fingerprint density at radius 3 is 2.73 bits per heavy atom. The van der Waals surface area contributed by atoms with Crippen molar-refractivity contribution in [1.29, 1.82) is 0 Å². The van der Waals surface area contributed by atoms with Gasteiger partial charge in [0.1, 0.15) is 0 Å². The number of fused-ring (bicyclic) bond motifs is 3. The molecule has 2 heteroatoms. The van der Waals surface area contributed by atoms with Crippen LogP contribution < -0.4 is 0 Å². The molecule has 0 fully saturated rings. The third kappa shape index (κ3) is 1.12. The van der Waals surface area contributed by atoms with Gasteiger partial charge in [-0.15, -0.1) is 0 Å². The molecule has 15 heavy (non-hydrogen) atoms. The molecular formula is C13H10O2. The van der Waals surface area contributed by atoms with E-state index in [1.807, 2.05) is 36.4 Å². The molecule has 0 heterocycles. The molecule has 0 atom stereocenters. The molecule has 1 aromatic rings. The Bertz CT molecular complexity index is 519. The zero-order valence-corrected chi connectivity index (χ0v) is 8.01. The van der Waals surface area contributed by atoms with Crippen molar-refractivity contribution in [2.24, 2.45) is 0 Å². The van der Waals surface area contributed by atoms with Crippen LogP contribution in [0.15, 0.2) is 48.1 Å². The Morgan fingerprint density at radius 1 is 1.07 bits per heavy atom. The van der Waals surface area contributed by atoms with Crippen molar-refractivity contribution in [3.63, 3.8) is 0 Å². The van der Waals surface area contributed by atoms with Gasteiger partial charge in [0.15, 0.2) is 0 Å². The molecule has 2 aliphatic rings. The summed E-state index contributed by atoms with van der Waals surface area (Å²) in [4.78, 5) is 0. The lowest BCUT2D eigenvalue weighted by Crippen LogP contribution is -2.28. The average molecular weight is 198 g/mol. The van der Waals surface area contributed by atoms with Gasteiger partial charge in [0.2, 0.25) is 5.79 Å². The fourth-order valence-corrected chi connectivity index (χ4v) is 2.10. The van der Waals surface area contributed by atoms with Crippen LogP contribution in [0.3, 0.4) is 0 Å². The maximum Gasteiger partial charge on any atom is 0.211 e. The minimum absolute atomic E-state index is 0.561. The minimum atomic E-state index is -1.83. The molecule has 74 valence electrons. The highest BCUT2D eigenvalue weighted by Crippen LogP contribution is 2.42. The zero-order valence-electron chi connectivity index (χ0n) is 8.01. The first-order valence-corrected chi connectivity index (χ1v) is 4.85. The summed E-state index contributed by atoms with van der Waals surface area (Å²) in [6.45, 7) is 0. The monoisotopic (exact) mass is 198 g/mol. The average Bonchev–Trinajstić information content (AvgIpc) is 2.58. The second-order valence-corrected chi connectivity index (χ2v) is 3.81. The predicted octanol–water partition coefficient (Wildman–Crippen LogP) is 1.72. The molecule has 0 amide bonds. The normalized spacial score (nSPS) is 20.4. The van der Waals surface area contributed by atoms with Gasteiger partial charge in [0.25, 0.3) is 0 Å². The molecular weight excluding hydrogens is 188 g/mol. The molecule has 0 bridgehead atoms. The van der Waals surface area contributed by atoms with E-state index in [9.17, 15) is 10.2 Å². The number of hydrogen-bond acceptors (Lipinski definition) is 2. The topological polar surface area (TPSA) is 40.5 Å². The predicted molar refractivity (Wildman–Crippen MR) is 58.7 cm³/mol. The van der Waals surface area contributed by atoms with Crippen LogP contribution in [0.25, 0.3) is 11.6 Å². The Kier molecular flexibility index (Phi) is 1.55. The smallest absolute Gasteiger partial charge is 0.211 e. The summed E-state index contributed by atoms with van der Waals surface area (Å²) in [5.41, 5.74) is 3.56. The van der Waals surface area contributed by atoms with E-state index >= 15 is 0 Å². The number of rotatable bonds is 0. The summed E-state index contributed by atoms with van der Waals surface area (Å²) < 4.78 is 0. The number of allylic oxidation sites excluding steroid dienone is 2. The molecule has 2 nitrogen and oxygen atoms in total. The molecule has 1 aromatic carbocycles. The second-order valence-electron chi connectivity index (χ2n) is 3.81. The number of aliphatic hydroxyl groups is 2. The quantitative estimate of drug-likeness (QED) is 0.623. The third-order valence-corrected chi connectivity index (χ3v) is 2.83. The summed E-state index contributed by atoms with van der Waals surface area (Å²) in [5, 5.41) is 19.6. The number of hydrogen-bond donors (Lipinski definition) is 2. The maximum atomic E-state index is 9.78. The lowest BCUT2D eigenvalue weighted by atomic mass is 9.93. The summed E-state index contributed by atoms with van der Waals surface area (Å²) in [7, 11) is 0. The summed E-state index contributed by atoms with van der Waals surface area (Å²) in [6, 6.07) is 7.85. The first-order valence-electron chi connectivity index (χ1n) is 4.85. The highest BCUT2D eigenvalue weighted by molar-refractivity contribution is 5.97. The Morgan fingerprint density at radius 2 is 1.87 bits per heavy atom. The van der Waals surface area contributed by atoms with Crippen LogP contribution >= 0.6 is 0 Å². The lowest BCUT2D eigenvalue weighted by Gasteiger charge is -2.23. The molecule has 0 aliphatic heterocycles. The van der Waals surface area contributed by atoms with Crippen LogP contribution in [0.5, 0.6) is 0 Å². The van der Waals surface area contributed by atoms with Crippen LogP contribution in [-0.2, 0) is 0 Å². The van der Waals surface area contributed by atoms with Gasteiger partial charge in [0, 0.05) is 5.57 Å². The Hall–Kier alpha value is -1.64. The van der Waals surface area contributed by atoms with Gasteiger partial charge in [-0.1, -0.05) is 36.4 Å². The van der Waals surface area contributed by atoms with E-state index in [1.54, 1.807) is 6.08 Å². The molecule has 0 radical (unpaired) electrons. The minimum Gasteiger partial charge on any atom is -0.359 e. The third-order valence-electron chi connectivity index (χ3n) is 2.83. The van der Waals surface area contributed by atoms with E-state index in [4.69, 9.17) is 0 Å². The van der Waals surface area contributed by atoms with Crippen LogP contribution in [0.1, 0.15) is 11.1 Å². The van der Waals surface area contributed by atoms with Gasteiger partial charge >= 0.3 is 0 Å². The molecule has 2 N–H and O–H groups in total. The lowest BCUT2D eigenvalue weighted by molar-refractivity contribution is -0.0800. The van der Waals surface area contributed by atoms with Crippen LogP contribution in [0.2, 0.25) is 0 Å². The summed E-state index contributed by atoms with van der Waals surface area (Å²) >= 11 is 0. The SMILES string of the molecule is OC1(O)C=CC=C2C1=Cc1ccccc12. The summed E-state index contributed by atoms with van der Waals surface area (Å²) in [5.74, 6) is -1.83. The number of benzene rings is 1. The molecule has 0 saturated heterocycles. The molecule has 0 unspecified atom stereocenters. The fraction of sp³-hybridized carbons (Fsp3) is 0.0769. The second kappa shape index (κ2) is 2.69. The van der Waals surface area contributed by atoms with Crippen molar-refractivity contribution in [2.45, 2.75) is 5.79 Å². The van der Waals surface area contributed by atoms with Gasteiger partial charge in [-0.2, -0.15) is 0 Å². The maximum absolute atomic E-state index is 9.78. The van der Waals surface area contributed by atoms with Gasteiger partial charge in [-0.25, -0.2) is 0 Å².